The minimum atomic E-state index is -0.395. The number of carbonyl (C=O) groups is 3. The topological polar surface area (TPSA) is 100 Å². The van der Waals surface area contributed by atoms with Crippen molar-refractivity contribution >= 4 is 29.5 Å². The average molecular weight is 416 g/mol. The van der Waals surface area contributed by atoms with Gasteiger partial charge in [-0.15, -0.1) is 11.8 Å². The lowest BCUT2D eigenvalue weighted by atomic mass is 9.89. The van der Waals surface area contributed by atoms with Crippen molar-refractivity contribution in [1.82, 2.24) is 16.2 Å². The van der Waals surface area contributed by atoms with Gasteiger partial charge in [0.1, 0.15) is 5.76 Å². The molecule has 0 bridgehead atoms. The van der Waals surface area contributed by atoms with E-state index in [-0.39, 0.29) is 23.5 Å². The van der Waals surface area contributed by atoms with E-state index in [0.717, 1.165) is 32.1 Å². The van der Waals surface area contributed by atoms with Crippen LogP contribution in [0.4, 0.5) is 0 Å². The highest BCUT2D eigenvalue weighted by molar-refractivity contribution is 8.00. The Morgan fingerprint density at radius 1 is 1.00 bits per heavy atom. The van der Waals surface area contributed by atoms with Gasteiger partial charge in [-0.1, -0.05) is 31.4 Å². The first-order valence-corrected chi connectivity index (χ1v) is 10.7. The SMILES string of the molecule is O=C(CSc1ccccc1C(=O)NNC(=O)C1CCCCC1)NCc1ccco1. The largest absolute Gasteiger partial charge is 0.467 e. The second kappa shape index (κ2) is 10.7. The van der Waals surface area contributed by atoms with E-state index in [9.17, 15) is 14.4 Å². The molecule has 1 heterocycles. The maximum Gasteiger partial charge on any atom is 0.270 e. The van der Waals surface area contributed by atoms with E-state index >= 15 is 0 Å². The molecule has 0 saturated heterocycles. The number of hydrazine groups is 1. The lowest BCUT2D eigenvalue weighted by molar-refractivity contribution is -0.126. The van der Waals surface area contributed by atoms with Crippen LogP contribution in [0.5, 0.6) is 0 Å². The van der Waals surface area contributed by atoms with Crippen LogP contribution < -0.4 is 16.2 Å². The van der Waals surface area contributed by atoms with Crippen LogP contribution in [0, 0.1) is 5.92 Å². The number of nitrogens with one attached hydrogen (secondary N) is 3. The second-order valence-electron chi connectivity index (χ2n) is 6.92. The summed E-state index contributed by atoms with van der Waals surface area (Å²) >= 11 is 1.27. The van der Waals surface area contributed by atoms with Crippen LogP contribution in [0.1, 0.15) is 48.2 Å². The first-order valence-electron chi connectivity index (χ1n) is 9.74. The molecule has 8 heteroatoms. The highest BCUT2D eigenvalue weighted by atomic mass is 32.2. The summed E-state index contributed by atoms with van der Waals surface area (Å²) in [5.41, 5.74) is 5.46. The quantitative estimate of drug-likeness (QED) is 0.477. The van der Waals surface area contributed by atoms with E-state index in [0.29, 0.717) is 22.8 Å². The molecular weight excluding hydrogens is 390 g/mol. The molecule has 7 nitrogen and oxygen atoms in total. The molecule has 3 amide bonds. The molecule has 0 aliphatic heterocycles. The molecule has 0 radical (unpaired) electrons. The molecular formula is C21H25N3O4S. The number of carbonyl (C=O) groups excluding carboxylic acids is 3. The van der Waals surface area contributed by atoms with E-state index in [2.05, 4.69) is 16.2 Å². The zero-order valence-electron chi connectivity index (χ0n) is 16.1. The van der Waals surface area contributed by atoms with Crippen molar-refractivity contribution in [1.29, 1.82) is 0 Å². The number of hydrogen-bond acceptors (Lipinski definition) is 5. The van der Waals surface area contributed by atoms with Gasteiger partial charge in [-0.2, -0.15) is 0 Å². The Bertz CT molecular complexity index is 832. The van der Waals surface area contributed by atoms with E-state index in [1.165, 1.54) is 11.8 Å². The van der Waals surface area contributed by atoms with Gasteiger partial charge in [0.05, 0.1) is 24.1 Å². The third-order valence-electron chi connectivity index (χ3n) is 4.81. The van der Waals surface area contributed by atoms with Crippen molar-refractivity contribution in [2.45, 2.75) is 43.5 Å². The Kier molecular flexibility index (Phi) is 7.75. The zero-order valence-corrected chi connectivity index (χ0v) is 16.9. The van der Waals surface area contributed by atoms with Crippen molar-refractivity contribution in [3.8, 4) is 0 Å². The smallest absolute Gasteiger partial charge is 0.270 e. The molecule has 1 fully saturated rings. The number of amides is 3. The summed E-state index contributed by atoms with van der Waals surface area (Å²) < 4.78 is 5.18. The fraction of sp³-hybridized carbons (Fsp3) is 0.381. The highest BCUT2D eigenvalue weighted by Gasteiger charge is 2.22. The first-order chi connectivity index (χ1) is 14.1. The van der Waals surface area contributed by atoms with Crippen LogP contribution in [-0.2, 0) is 16.1 Å². The predicted molar refractivity (Wildman–Crippen MR) is 110 cm³/mol. The molecule has 1 saturated carbocycles. The van der Waals surface area contributed by atoms with E-state index in [4.69, 9.17) is 4.42 Å². The van der Waals surface area contributed by atoms with Gasteiger partial charge >= 0.3 is 0 Å². The molecule has 1 aliphatic rings. The standard InChI is InChI=1S/C21H25N3O4S/c25-19(22-13-16-9-6-12-28-16)14-29-18-11-5-4-10-17(18)21(27)24-23-20(26)15-7-2-1-3-8-15/h4-6,9-12,15H,1-3,7-8,13-14H2,(H,22,25)(H,23,26)(H,24,27). The normalized spacial score (nSPS) is 14.2. The van der Waals surface area contributed by atoms with Gasteiger partial charge in [0.2, 0.25) is 11.8 Å². The summed E-state index contributed by atoms with van der Waals surface area (Å²) in [5.74, 6) is 0.115. The predicted octanol–water partition coefficient (Wildman–Crippen LogP) is 3.03. The Balaban J connectivity index is 1.48. The lowest BCUT2D eigenvalue weighted by Gasteiger charge is -2.21. The molecule has 0 unspecified atom stereocenters. The number of hydrogen-bond donors (Lipinski definition) is 3. The van der Waals surface area contributed by atoms with Gasteiger partial charge in [-0.25, -0.2) is 0 Å². The van der Waals surface area contributed by atoms with Crippen LogP contribution in [0.2, 0.25) is 0 Å². The number of rotatable bonds is 7. The molecule has 3 rings (SSSR count). The van der Waals surface area contributed by atoms with Crippen molar-refractivity contribution < 1.29 is 18.8 Å². The number of benzene rings is 1. The molecule has 1 aliphatic carbocycles. The average Bonchev–Trinajstić information content (AvgIpc) is 3.29. The molecule has 0 atom stereocenters. The fourth-order valence-corrected chi connectivity index (χ4v) is 4.11. The Morgan fingerprint density at radius 3 is 2.55 bits per heavy atom. The van der Waals surface area contributed by atoms with Crippen molar-refractivity contribution in [3.05, 3.63) is 54.0 Å². The summed E-state index contributed by atoms with van der Waals surface area (Å²) in [4.78, 5) is 37.5. The molecule has 0 spiro atoms. The van der Waals surface area contributed by atoms with E-state index < -0.39 is 5.91 Å². The van der Waals surface area contributed by atoms with E-state index in [1.54, 1.807) is 42.7 Å². The summed E-state index contributed by atoms with van der Waals surface area (Å²) in [6, 6.07) is 10.6. The molecule has 1 aromatic carbocycles. The molecule has 1 aromatic heterocycles. The molecule has 29 heavy (non-hydrogen) atoms. The van der Waals surface area contributed by atoms with Gasteiger partial charge in [-0.3, -0.25) is 25.2 Å². The third kappa shape index (κ3) is 6.39. The van der Waals surface area contributed by atoms with Crippen molar-refractivity contribution in [2.75, 3.05) is 5.75 Å². The van der Waals surface area contributed by atoms with Crippen LogP contribution in [-0.4, -0.2) is 23.5 Å². The van der Waals surface area contributed by atoms with Crippen LogP contribution in [0.15, 0.2) is 52.0 Å². The number of furan rings is 1. The Labute approximate surface area is 174 Å². The molecule has 2 aromatic rings. The van der Waals surface area contributed by atoms with Gasteiger partial charge in [0, 0.05) is 10.8 Å². The van der Waals surface area contributed by atoms with Gasteiger partial charge in [-0.05, 0) is 37.1 Å². The van der Waals surface area contributed by atoms with Gasteiger partial charge < -0.3 is 9.73 Å². The summed E-state index contributed by atoms with van der Waals surface area (Å²) in [6.45, 7) is 0.321. The maximum atomic E-state index is 12.5. The summed E-state index contributed by atoms with van der Waals surface area (Å²) in [6.07, 6.45) is 6.54. The minimum Gasteiger partial charge on any atom is -0.467 e. The van der Waals surface area contributed by atoms with Crippen LogP contribution >= 0.6 is 11.8 Å². The molecule has 3 N–H and O–H groups in total. The lowest BCUT2D eigenvalue weighted by Crippen LogP contribution is -2.45. The molecule has 154 valence electrons. The van der Waals surface area contributed by atoms with Crippen molar-refractivity contribution in [2.24, 2.45) is 5.92 Å². The van der Waals surface area contributed by atoms with Crippen LogP contribution in [0.25, 0.3) is 0 Å². The maximum absolute atomic E-state index is 12.5. The second-order valence-corrected chi connectivity index (χ2v) is 7.94. The summed E-state index contributed by atoms with van der Waals surface area (Å²) in [7, 11) is 0. The highest BCUT2D eigenvalue weighted by Crippen LogP contribution is 2.24. The van der Waals surface area contributed by atoms with Gasteiger partial charge in [0.15, 0.2) is 0 Å². The third-order valence-corrected chi connectivity index (χ3v) is 5.88. The Morgan fingerprint density at radius 2 is 1.79 bits per heavy atom. The minimum absolute atomic E-state index is 0.0356. The number of thioether (sulfide) groups is 1. The fourth-order valence-electron chi connectivity index (χ4n) is 3.23. The Hall–Kier alpha value is -2.74. The summed E-state index contributed by atoms with van der Waals surface area (Å²) in [5, 5.41) is 2.77. The van der Waals surface area contributed by atoms with E-state index in [1.807, 2.05) is 0 Å². The first kappa shape index (κ1) is 21.0. The van der Waals surface area contributed by atoms with Crippen molar-refractivity contribution in [3.63, 3.8) is 0 Å². The zero-order chi connectivity index (χ0) is 20.5. The monoisotopic (exact) mass is 415 g/mol. The van der Waals surface area contributed by atoms with Gasteiger partial charge in [0.25, 0.3) is 5.91 Å². The van der Waals surface area contributed by atoms with Crippen LogP contribution in [0.3, 0.4) is 0 Å².